The SMILES string of the molecule is COc1ccc(OC)c(CC(C)C(=O)O)c1F. The molecule has 0 spiro atoms. The van der Waals surface area contributed by atoms with E-state index in [1.54, 1.807) is 6.07 Å². The van der Waals surface area contributed by atoms with Gasteiger partial charge < -0.3 is 14.6 Å². The van der Waals surface area contributed by atoms with E-state index in [0.717, 1.165) is 0 Å². The van der Waals surface area contributed by atoms with Gasteiger partial charge >= 0.3 is 5.97 Å². The maximum absolute atomic E-state index is 13.9. The van der Waals surface area contributed by atoms with Crippen molar-refractivity contribution in [3.63, 3.8) is 0 Å². The first-order valence-corrected chi connectivity index (χ1v) is 5.13. The second-order valence-electron chi connectivity index (χ2n) is 3.71. The van der Waals surface area contributed by atoms with Crippen molar-refractivity contribution < 1.29 is 23.8 Å². The molecule has 0 aliphatic rings. The van der Waals surface area contributed by atoms with Crippen molar-refractivity contribution in [3.8, 4) is 11.5 Å². The molecule has 0 radical (unpaired) electrons. The van der Waals surface area contributed by atoms with Crippen LogP contribution in [0.2, 0.25) is 0 Å². The van der Waals surface area contributed by atoms with Crippen LogP contribution in [0.25, 0.3) is 0 Å². The number of hydrogen-bond acceptors (Lipinski definition) is 3. The monoisotopic (exact) mass is 242 g/mol. The molecule has 1 atom stereocenters. The molecular formula is C12H15FO4. The molecule has 0 heterocycles. The minimum absolute atomic E-state index is 0.0571. The second-order valence-corrected chi connectivity index (χ2v) is 3.71. The zero-order valence-corrected chi connectivity index (χ0v) is 9.99. The second kappa shape index (κ2) is 5.52. The lowest BCUT2D eigenvalue weighted by atomic mass is 9.99. The normalized spacial score (nSPS) is 12.0. The maximum atomic E-state index is 13.9. The Morgan fingerprint density at radius 3 is 2.35 bits per heavy atom. The fourth-order valence-corrected chi connectivity index (χ4v) is 1.51. The average molecular weight is 242 g/mol. The van der Waals surface area contributed by atoms with Crippen LogP contribution >= 0.6 is 0 Å². The van der Waals surface area contributed by atoms with E-state index in [-0.39, 0.29) is 17.7 Å². The van der Waals surface area contributed by atoms with Crippen molar-refractivity contribution in [2.45, 2.75) is 13.3 Å². The van der Waals surface area contributed by atoms with Crippen molar-refractivity contribution >= 4 is 5.97 Å². The first-order valence-electron chi connectivity index (χ1n) is 5.13. The molecule has 1 aromatic rings. The minimum atomic E-state index is -0.978. The van der Waals surface area contributed by atoms with E-state index in [2.05, 4.69) is 0 Å². The average Bonchev–Trinajstić information content (AvgIpc) is 2.31. The zero-order chi connectivity index (χ0) is 13.0. The van der Waals surface area contributed by atoms with E-state index in [1.807, 2.05) is 0 Å². The van der Waals surface area contributed by atoms with Gasteiger partial charge in [-0.2, -0.15) is 0 Å². The Hall–Kier alpha value is -1.78. The van der Waals surface area contributed by atoms with Crippen LogP contribution in [0, 0.1) is 11.7 Å². The molecule has 0 aliphatic carbocycles. The van der Waals surface area contributed by atoms with E-state index in [1.165, 1.54) is 27.2 Å². The summed E-state index contributed by atoms with van der Waals surface area (Å²) in [5.41, 5.74) is 0.224. The number of ether oxygens (including phenoxy) is 2. The number of methoxy groups -OCH3 is 2. The van der Waals surface area contributed by atoms with Gasteiger partial charge in [-0.15, -0.1) is 0 Å². The van der Waals surface area contributed by atoms with Crippen molar-refractivity contribution in [2.75, 3.05) is 14.2 Å². The third-order valence-corrected chi connectivity index (χ3v) is 2.54. The van der Waals surface area contributed by atoms with Crippen LogP contribution in [0.4, 0.5) is 4.39 Å². The predicted octanol–water partition coefficient (Wildman–Crippen LogP) is 2.11. The number of carboxylic acids is 1. The Morgan fingerprint density at radius 2 is 1.88 bits per heavy atom. The van der Waals surface area contributed by atoms with Gasteiger partial charge in [0.05, 0.1) is 20.1 Å². The van der Waals surface area contributed by atoms with Crippen LogP contribution in [-0.4, -0.2) is 25.3 Å². The summed E-state index contributed by atoms with van der Waals surface area (Å²) in [6.07, 6.45) is 0.0571. The molecule has 0 saturated heterocycles. The Kier molecular flexibility index (Phi) is 4.31. The minimum Gasteiger partial charge on any atom is -0.496 e. The van der Waals surface area contributed by atoms with Crippen molar-refractivity contribution in [1.82, 2.24) is 0 Å². The fraction of sp³-hybridized carbons (Fsp3) is 0.417. The summed E-state index contributed by atoms with van der Waals surface area (Å²) >= 11 is 0. The summed E-state index contributed by atoms with van der Waals surface area (Å²) in [6.45, 7) is 1.51. The van der Waals surface area contributed by atoms with Gasteiger partial charge in [0, 0.05) is 5.56 Å². The molecule has 4 nitrogen and oxygen atoms in total. The lowest BCUT2D eigenvalue weighted by Gasteiger charge is -2.14. The molecule has 0 aliphatic heterocycles. The Bertz CT molecular complexity index is 417. The fourth-order valence-electron chi connectivity index (χ4n) is 1.51. The van der Waals surface area contributed by atoms with Gasteiger partial charge in [-0.25, -0.2) is 4.39 Å². The van der Waals surface area contributed by atoms with Crippen molar-refractivity contribution in [1.29, 1.82) is 0 Å². The first kappa shape index (κ1) is 13.3. The summed E-state index contributed by atoms with van der Waals surface area (Å²) in [5.74, 6) is -1.82. The van der Waals surface area contributed by atoms with E-state index < -0.39 is 17.7 Å². The number of carbonyl (C=O) groups is 1. The quantitative estimate of drug-likeness (QED) is 0.859. The highest BCUT2D eigenvalue weighted by atomic mass is 19.1. The number of rotatable bonds is 5. The zero-order valence-electron chi connectivity index (χ0n) is 9.99. The van der Waals surface area contributed by atoms with Crippen LogP contribution in [0.1, 0.15) is 12.5 Å². The van der Waals surface area contributed by atoms with Crippen LogP contribution in [-0.2, 0) is 11.2 Å². The summed E-state index contributed by atoms with van der Waals surface area (Å²) in [4.78, 5) is 10.8. The molecule has 0 saturated carbocycles. The first-order chi connectivity index (χ1) is 8.01. The van der Waals surface area contributed by atoms with Gasteiger partial charge in [0.25, 0.3) is 0 Å². The van der Waals surface area contributed by atoms with Gasteiger partial charge in [-0.05, 0) is 18.6 Å². The number of carboxylic acid groups (broad SMARTS) is 1. The highest BCUT2D eigenvalue weighted by molar-refractivity contribution is 5.70. The smallest absolute Gasteiger partial charge is 0.306 e. The number of hydrogen-bond donors (Lipinski definition) is 1. The molecule has 0 amide bonds. The van der Waals surface area contributed by atoms with E-state index in [4.69, 9.17) is 14.6 Å². The topological polar surface area (TPSA) is 55.8 Å². The molecule has 1 unspecified atom stereocenters. The molecular weight excluding hydrogens is 227 g/mol. The summed E-state index contributed by atoms with van der Waals surface area (Å²) in [6, 6.07) is 3.01. The molecule has 0 aromatic heterocycles. The lowest BCUT2D eigenvalue weighted by molar-refractivity contribution is -0.141. The molecule has 1 aromatic carbocycles. The van der Waals surface area contributed by atoms with E-state index >= 15 is 0 Å². The van der Waals surface area contributed by atoms with E-state index in [9.17, 15) is 9.18 Å². The number of halogens is 1. The molecule has 0 bridgehead atoms. The van der Waals surface area contributed by atoms with Crippen LogP contribution < -0.4 is 9.47 Å². The third-order valence-electron chi connectivity index (χ3n) is 2.54. The van der Waals surface area contributed by atoms with Gasteiger partial charge in [0.2, 0.25) is 0 Å². The van der Waals surface area contributed by atoms with Crippen molar-refractivity contribution in [3.05, 3.63) is 23.5 Å². The summed E-state index contributed by atoms with van der Waals surface area (Å²) in [7, 11) is 2.77. The largest absolute Gasteiger partial charge is 0.496 e. The molecule has 0 fully saturated rings. The van der Waals surface area contributed by atoms with Crippen molar-refractivity contribution in [2.24, 2.45) is 5.92 Å². The van der Waals surface area contributed by atoms with Gasteiger partial charge in [-0.3, -0.25) is 4.79 Å². The Balaban J connectivity index is 3.14. The highest BCUT2D eigenvalue weighted by Crippen LogP contribution is 2.30. The number of aliphatic carboxylic acids is 1. The van der Waals surface area contributed by atoms with Crippen LogP contribution in [0.3, 0.4) is 0 Å². The third kappa shape index (κ3) is 2.87. The van der Waals surface area contributed by atoms with Crippen LogP contribution in [0.15, 0.2) is 12.1 Å². The summed E-state index contributed by atoms with van der Waals surface area (Å²) < 4.78 is 23.8. The van der Waals surface area contributed by atoms with Gasteiger partial charge in [-0.1, -0.05) is 6.92 Å². The standard InChI is InChI=1S/C12H15FO4/c1-7(12(14)15)6-8-9(16-2)4-5-10(17-3)11(8)13/h4-5,7H,6H2,1-3H3,(H,14,15). The Morgan fingerprint density at radius 1 is 1.35 bits per heavy atom. The van der Waals surface area contributed by atoms with Gasteiger partial charge in [0.1, 0.15) is 5.75 Å². The van der Waals surface area contributed by atoms with E-state index in [0.29, 0.717) is 5.75 Å². The van der Waals surface area contributed by atoms with Gasteiger partial charge in [0.15, 0.2) is 11.6 Å². The highest BCUT2D eigenvalue weighted by Gasteiger charge is 2.20. The maximum Gasteiger partial charge on any atom is 0.306 e. The molecule has 17 heavy (non-hydrogen) atoms. The number of benzene rings is 1. The summed E-state index contributed by atoms with van der Waals surface area (Å²) in [5, 5.41) is 8.83. The Labute approximate surface area is 99.0 Å². The molecule has 94 valence electrons. The predicted molar refractivity (Wildman–Crippen MR) is 60.0 cm³/mol. The van der Waals surface area contributed by atoms with Crippen LogP contribution in [0.5, 0.6) is 11.5 Å². The molecule has 1 N–H and O–H groups in total. The molecule has 1 rings (SSSR count). The molecule has 5 heteroatoms. The lowest BCUT2D eigenvalue weighted by Crippen LogP contribution is -2.14.